The molecule has 4 nitrogen and oxygen atoms in total. The second-order valence-electron chi connectivity index (χ2n) is 5.19. The molecule has 1 aromatic rings. The fourth-order valence-electron chi connectivity index (χ4n) is 2.33. The van der Waals surface area contributed by atoms with Crippen molar-refractivity contribution in [1.29, 1.82) is 0 Å². The third-order valence-electron chi connectivity index (χ3n) is 3.38. The Kier molecular flexibility index (Phi) is 3.94. The zero-order valence-corrected chi connectivity index (χ0v) is 10.6. The van der Waals surface area contributed by atoms with Crippen LogP contribution in [0.5, 0.6) is 0 Å². The summed E-state index contributed by atoms with van der Waals surface area (Å²) >= 11 is 0. The van der Waals surface area contributed by atoms with Gasteiger partial charge in [0.05, 0.1) is 5.69 Å². The van der Waals surface area contributed by atoms with Gasteiger partial charge in [0.2, 0.25) is 0 Å². The third-order valence-corrected chi connectivity index (χ3v) is 3.38. The van der Waals surface area contributed by atoms with Crippen LogP contribution in [-0.4, -0.2) is 23.1 Å². The number of rotatable bonds is 3. The molecule has 0 unspecified atom stereocenters. The quantitative estimate of drug-likeness (QED) is 0.833. The van der Waals surface area contributed by atoms with Crippen LogP contribution in [-0.2, 0) is 6.42 Å². The molecular formula is C13H21N3O. The summed E-state index contributed by atoms with van der Waals surface area (Å²) in [6.45, 7) is 6.32. The normalized spacial score (nSPS) is 17.6. The number of H-pyrrole nitrogens is 1. The standard InChI is InChI=1S/C13H21N3O/c1-9(2)12-8-11(15-13(17)16-12)7-10-3-5-14-6-4-10/h8-10,14H,3-7H2,1-2H3,(H,15,16,17). The highest BCUT2D eigenvalue weighted by atomic mass is 16.1. The number of aromatic amines is 1. The maximum absolute atomic E-state index is 11.5. The van der Waals surface area contributed by atoms with Crippen LogP contribution in [0.4, 0.5) is 0 Å². The molecule has 0 saturated carbocycles. The number of aromatic nitrogens is 2. The fourth-order valence-corrected chi connectivity index (χ4v) is 2.33. The minimum absolute atomic E-state index is 0.208. The number of nitrogens with one attached hydrogen (secondary N) is 2. The summed E-state index contributed by atoms with van der Waals surface area (Å²) in [5.74, 6) is 0.999. The minimum atomic E-state index is -0.208. The van der Waals surface area contributed by atoms with Gasteiger partial charge >= 0.3 is 5.69 Å². The molecule has 1 aliphatic rings. The lowest BCUT2D eigenvalue weighted by atomic mass is 9.92. The van der Waals surface area contributed by atoms with Crippen molar-refractivity contribution in [2.45, 2.75) is 39.0 Å². The molecule has 2 rings (SSSR count). The van der Waals surface area contributed by atoms with Gasteiger partial charge in [-0.2, -0.15) is 4.98 Å². The molecule has 94 valence electrons. The summed E-state index contributed by atoms with van der Waals surface area (Å²) in [5, 5.41) is 3.36. The van der Waals surface area contributed by atoms with Crippen LogP contribution in [0.1, 0.15) is 44.0 Å². The van der Waals surface area contributed by atoms with E-state index in [0.717, 1.165) is 30.9 Å². The highest BCUT2D eigenvalue weighted by Gasteiger charge is 2.15. The summed E-state index contributed by atoms with van der Waals surface area (Å²) in [5.41, 5.74) is 1.73. The van der Waals surface area contributed by atoms with Crippen molar-refractivity contribution in [3.63, 3.8) is 0 Å². The predicted molar refractivity (Wildman–Crippen MR) is 68.2 cm³/mol. The zero-order chi connectivity index (χ0) is 12.3. The largest absolute Gasteiger partial charge is 0.345 e. The SMILES string of the molecule is CC(C)c1cc(CC2CCNCC2)[nH]c(=O)n1. The van der Waals surface area contributed by atoms with Crippen molar-refractivity contribution in [3.05, 3.63) is 27.9 Å². The maximum atomic E-state index is 11.5. The first-order valence-electron chi connectivity index (χ1n) is 6.46. The first-order chi connectivity index (χ1) is 8.15. The van der Waals surface area contributed by atoms with Crippen molar-refractivity contribution < 1.29 is 0 Å². The van der Waals surface area contributed by atoms with Crippen LogP contribution < -0.4 is 11.0 Å². The molecule has 17 heavy (non-hydrogen) atoms. The molecule has 0 spiro atoms. The van der Waals surface area contributed by atoms with Gasteiger partial charge in [0.1, 0.15) is 0 Å². The number of hydrogen-bond acceptors (Lipinski definition) is 3. The Balaban J connectivity index is 2.11. The number of nitrogens with zero attached hydrogens (tertiary/aromatic N) is 1. The highest BCUT2D eigenvalue weighted by molar-refractivity contribution is 5.12. The Morgan fingerprint density at radius 3 is 2.76 bits per heavy atom. The summed E-state index contributed by atoms with van der Waals surface area (Å²) in [6.07, 6.45) is 3.36. The Labute approximate surface area is 102 Å². The molecule has 0 atom stereocenters. The average Bonchev–Trinajstić information content (AvgIpc) is 2.29. The van der Waals surface area contributed by atoms with Crippen molar-refractivity contribution in [3.8, 4) is 0 Å². The third kappa shape index (κ3) is 3.40. The first-order valence-corrected chi connectivity index (χ1v) is 6.46. The summed E-state index contributed by atoms with van der Waals surface area (Å²) < 4.78 is 0. The van der Waals surface area contributed by atoms with Crippen LogP contribution >= 0.6 is 0 Å². The fraction of sp³-hybridized carbons (Fsp3) is 0.692. The van der Waals surface area contributed by atoms with Crippen LogP contribution in [0.25, 0.3) is 0 Å². The molecule has 2 heterocycles. The molecule has 0 radical (unpaired) electrons. The van der Waals surface area contributed by atoms with Gasteiger partial charge in [-0.1, -0.05) is 13.8 Å². The lowest BCUT2D eigenvalue weighted by Gasteiger charge is -2.22. The van der Waals surface area contributed by atoms with E-state index in [1.54, 1.807) is 0 Å². The maximum Gasteiger partial charge on any atom is 0.345 e. The van der Waals surface area contributed by atoms with E-state index in [9.17, 15) is 4.79 Å². The first kappa shape index (κ1) is 12.3. The lowest BCUT2D eigenvalue weighted by Crippen LogP contribution is -2.29. The predicted octanol–water partition coefficient (Wildman–Crippen LogP) is 1.44. The van der Waals surface area contributed by atoms with Gasteiger partial charge in [0.15, 0.2) is 0 Å². The Morgan fingerprint density at radius 2 is 2.12 bits per heavy atom. The monoisotopic (exact) mass is 235 g/mol. The topological polar surface area (TPSA) is 57.8 Å². The van der Waals surface area contributed by atoms with Crippen molar-refractivity contribution in [1.82, 2.24) is 15.3 Å². The van der Waals surface area contributed by atoms with Gasteiger partial charge in [-0.05, 0) is 50.3 Å². The second-order valence-corrected chi connectivity index (χ2v) is 5.19. The van der Waals surface area contributed by atoms with Gasteiger partial charge in [-0.3, -0.25) is 0 Å². The number of piperidine rings is 1. The molecule has 0 bridgehead atoms. The van der Waals surface area contributed by atoms with E-state index < -0.39 is 0 Å². The van der Waals surface area contributed by atoms with Gasteiger partial charge in [0.25, 0.3) is 0 Å². The molecule has 0 aliphatic carbocycles. The minimum Gasteiger partial charge on any atom is -0.317 e. The molecule has 0 amide bonds. The molecule has 1 aliphatic heterocycles. The van der Waals surface area contributed by atoms with E-state index in [1.807, 2.05) is 6.07 Å². The lowest BCUT2D eigenvalue weighted by molar-refractivity contribution is 0.369. The Bertz CT molecular complexity index is 419. The van der Waals surface area contributed by atoms with Gasteiger partial charge in [-0.25, -0.2) is 4.79 Å². The summed E-state index contributed by atoms with van der Waals surface area (Å²) in [6, 6.07) is 2.05. The van der Waals surface area contributed by atoms with Crippen LogP contribution in [0, 0.1) is 5.92 Å². The molecule has 1 saturated heterocycles. The summed E-state index contributed by atoms with van der Waals surface area (Å²) in [7, 11) is 0. The molecule has 4 heteroatoms. The molecule has 2 N–H and O–H groups in total. The Hall–Kier alpha value is -1.16. The van der Waals surface area contributed by atoms with Gasteiger partial charge in [0, 0.05) is 5.69 Å². The van der Waals surface area contributed by atoms with E-state index in [0.29, 0.717) is 11.8 Å². The van der Waals surface area contributed by atoms with E-state index in [4.69, 9.17) is 0 Å². The summed E-state index contributed by atoms with van der Waals surface area (Å²) in [4.78, 5) is 18.3. The van der Waals surface area contributed by atoms with E-state index in [-0.39, 0.29) is 5.69 Å². The zero-order valence-electron chi connectivity index (χ0n) is 10.6. The van der Waals surface area contributed by atoms with Crippen molar-refractivity contribution >= 4 is 0 Å². The Morgan fingerprint density at radius 1 is 1.41 bits per heavy atom. The van der Waals surface area contributed by atoms with Crippen LogP contribution in [0.15, 0.2) is 10.9 Å². The average molecular weight is 235 g/mol. The van der Waals surface area contributed by atoms with E-state index in [2.05, 4.69) is 29.1 Å². The van der Waals surface area contributed by atoms with Crippen molar-refractivity contribution in [2.24, 2.45) is 5.92 Å². The van der Waals surface area contributed by atoms with Gasteiger partial charge < -0.3 is 10.3 Å². The molecular weight excluding hydrogens is 214 g/mol. The smallest absolute Gasteiger partial charge is 0.317 e. The van der Waals surface area contributed by atoms with Crippen molar-refractivity contribution in [2.75, 3.05) is 13.1 Å². The molecule has 1 aromatic heterocycles. The van der Waals surface area contributed by atoms with E-state index in [1.165, 1.54) is 12.8 Å². The van der Waals surface area contributed by atoms with Gasteiger partial charge in [-0.15, -0.1) is 0 Å². The number of hydrogen-bond donors (Lipinski definition) is 2. The second kappa shape index (κ2) is 5.45. The highest BCUT2D eigenvalue weighted by Crippen LogP contribution is 2.18. The van der Waals surface area contributed by atoms with Crippen LogP contribution in [0.3, 0.4) is 0 Å². The molecule has 0 aromatic carbocycles. The molecule has 1 fully saturated rings. The van der Waals surface area contributed by atoms with Crippen LogP contribution in [0.2, 0.25) is 0 Å². The van der Waals surface area contributed by atoms with E-state index >= 15 is 0 Å².